The minimum absolute atomic E-state index is 0.395. The summed E-state index contributed by atoms with van der Waals surface area (Å²) in [6, 6.07) is 5.53. The third kappa shape index (κ3) is 2.89. The molecule has 1 aliphatic carbocycles. The van der Waals surface area contributed by atoms with Gasteiger partial charge in [-0.05, 0) is 37.8 Å². The molecule has 1 aromatic heterocycles. The van der Waals surface area contributed by atoms with Crippen molar-refractivity contribution in [2.24, 2.45) is 5.92 Å². The number of nitrogens with zero attached hydrogens (tertiary/aromatic N) is 3. The van der Waals surface area contributed by atoms with Crippen LogP contribution in [0.2, 0.25) is 5.15 Å². The van der Waals surface area contributed by atoms with E-state index < -0.39 is 0 Å². The van der Waals surface area contributed by atoms with E-state index in [1.54, 1.807) is 6.07 Å². The molecule has 1 saturated carbocycles. The Labute approximate surface area is 107 Å². The van der Waals surface area contributed by atoms with Crippen LogP contribution < -0.4 is 4.90 Å². The Morgan fingerprint density at radius 1 is 1.53 bits per heavy atom. The van der Waals surface area contributed by atoms with Gasteiger partial charge in [0.1, 0.15) is 11.0 Å². The van der Waals surface area contributed by atoms with E-state index >= 15 is 0 Å². The third-order valence-corrected chi connectivity index (χ3v) is 3.51. The maximum atomic E-state index is 8.93. The van der Waals surface area contributed by atoms with Crippen LogP contribution in [-0.2, 0) is 0 Å². The van der Waals surface area contributed by atoms with Crippen molar-refractivity contribution in [1.29, 1.82) is 5.26 Å². The van der Waals surface area contributed by atoms with Gasteiger partial charge >= 0.3 is 0 Å². The van der Waals surface area contributed by atoms with Gasteiger partial charge in [0.15, 0.2) is 0 Å². The molecule has 0 spiro atoms. The fourth-order valence-electron chi connectivity index (χ4n) is 2.08. The molecule has 0 radical (unpaired) electrons. The predicted molar refractivity (Wildman–Crippen MR) is 69.2 cm³/mol. The zero-order chi connectivity index (χ0) is 12.3. The maximum absolute atomic E-state index is 8.93. The number of anilines is 1. The summed E-state index contributed by atoms with van der Waals surface area (Å²) in [6.45, 7) is 4.02. The van der Waals surface area contributed by atoms with Crippen LogP contribution >= 0.6 is 11.6 Å². The molecule has 3 nitrogen and oxygen atoms in total. The van der Waals surface area contributed by atoms with Crippen molar-refractivity contribution in [3.63, 3.8) is 0 Å². The lowest BCUT2D eigenvalue weighted by atomic mass is 9.85. The Hall–Kier alpha value is -1.27. The number of halogens is 1. The highest BCUT2D eigenvalue weighted by molar-refractivity contribution is 6.29. The van der Waals surface area contributed by atoms with Crippen molar-refractivity contribution in [2.45, 2.75) is 26.2 Å². The van der Waals surface area contributed by atoms with E-state index in [4.69, 9.17) is 16.9 Å². The molecule has 2 rings (SSSR count). The van der Waals surface area contributed by atoms with E-state index in [0.29, 0.717) is 10.7 Å². The first kappa shape index (κ1) is 12.2. The Morgan fingerprint density at radius 2 is 2.29 bits per heavy atom. The molecule has 0 unspecified atom stereocenters. The Balaban J connectivity index is 2.17. The summed E-state index contributed by atoms with van der Waals surface area (Å²) in [4.78, 5) is 6.51. The maximum Gasteiger partial charge on any atom is 0.132 e. The van der Waals surface area contributed by atoms with Gasteiger partial charge in [0.25, 0.3) is 0 Å². The van der Waals surface area contributed by atoms with Crippen LogP contribution in [0.4, 0.5) is 5.82 Å². The fraction of sp³-hybridized carbons (Fsp3) is 0.538. The highest BCUT2D eigenvalue weighted by Gasteiger charge is 2.21. The predicted octanol–water partition coefficient (Wildman–Crippen LogP) is 3.23. The van der Waals surface area contributed by atoms with Gasteiger partial charge in [-0.3, -0.25) is 0 Å². The quantitative estimate of drug-likeness (QED) is 0.769. The number of rotatable bonds is 4. The van der Waals surface area contributed by atoms with Gasteiger partial charge in [0.2, 0.25) is 0 Å². The average molecular weight is 250 g/mol. The first-order valence-corrected chi connectivity index (χ1v) is 6.43. The smallest absolute Gasteiger partial charge is 0.132 e. The zero-order valence-corrected chi connectivity index (χ0v) is 10.7. The minimum atomic E-state index is 0.395. The second-order valence-corrected chi connectivity index (χ2v) is 4.87. The van der Waals surface area contributed by atoms with Crippen LogP contribution in [0, 0.1) is 17.2 Å². The first-order chi connectivity index (χ1) is 8.22. The molecule has 1 heterocycles. The normalized spacial score (nSPS) is 15.1. The van der Waals surface area contributed by atoms with E-state index in [9.17, 15) is 0 Å². The van der Waals surface area contributed by atoms with Gasteiger partial charge in [-0.1, -0.05) is 18.0 Å². The standard InChI is InChI=1S/C13H16ClN3/c1-2-17(9-10-4-3-5-10)13-7-11(8-15)6-12(14)16-13/h6-7,10H,2-5,9H2,1H3. The molecule has 1 fully saturated rings. The molecule has 0 saturated heterocycles. The average Bonchev–Trinajstić information content (AvgIpc) is 2.27. The lowest BCUT2D eigenvalue weighted by Crippen LogP contribution is -2.33. The molecular weight excluding hydrogens is 234 g/mol. The number of nitriles is 1. The van der Waals surface area contributed by atoms with E-state index in [2.05, 4.69) is 22.9 Å². The summed E-state index contributed by atoms with van der Waals surface area (Å²) in [5, 5.41) is 9.32. The molecule has 90 valence electrons. The van der Waals surface area contributed by atoms with Gasteiger partial charge in [0, 0.05) is 13.1 Å². The van der Waals surface area contributed by atoms with E-state index in [0.717, 1.165) is 24.8 Å². The number of pyridine rings is 1. The van der Waals surface area contributed by atoms with Crippen molar-refractivity contribution in [3.05, 3.63) is 22.8 Å². The van der Waals surface area contributed by atoms with Crippen LogP contribution in [0.25, 0.3) is 0 Å². The van der Waals surface area contributed by atoms with Gasteiger partial charge < -0.3 is 4.90 Å². The van der Waals surface area contributed by atoms with Crippen molar-refractivity contribution in [1.82, 2.24) is 4.98 Å². The topological polar surface area (TPSA) is 39.9 Å². The Kier molecular flexibility index (Phi) is 3.86. The summed E-state index contributed by atoms with van der Waals surface area (Å²) >= 11 is 5.93. The van der Waals surface area contributed by atoms with E-state index in [-0.39, 0.29) is 0 Å². The fourth-order valence-corrected chi connectivity index (χ4v) is 2.29. The molecular formula is C13H16ClN3. The van der Waals surface area contributed by atoms with Crippen LogP contribution in [0.5, 0.6) is 0 Å². The summed E-state index contributed by atoms with van der Waals surface area (Å²) in [5.41, 5.74) is 0.576. The van der Waals surface area contributed by atoms with Gasteiger partial charge in [-0.2, -0.15) is 5.26 Å². The Bertz CT molecular complexity index is 435. The molecule has 1 aliphatic rings. The highest BCUT2D eigenvalue weighted by Crippen LogP contribution is 2.29. The van der Waals surface area contributed by atoms with Crippen LogP contribution in [0.3, 0.4) is 0 Å². The first-order valence-electron chi connectivity index (χ1n) is 6.05. The molecule has 0 N–H and O–H groups in total. The number of aromatic nitrogens is 1. The van der Waals surface area contributed by atoms with Gasteiger partial charge in [-0.25, -0.2) is 4.98 Å². The molecule has 0 bridgehead atoms. The van der Waals surface area contributed by atoms with Crippen LogP contribution in [0.15, 0.2) is 12.1 Å². The van der Waals surface area contributed by atoms with Crippen LogP contribution in [-0.4, -0.2) is 18.1 Å². The number of hydrogen-bond acceptors (Lipinski definition) is 3. The van der Waals surface area contributed by atoms with Gasteiger partial charge in [0.05, 0.1) is 11.6 Å². The zero-order valence-electron chi connectivity index (χ0n) is 9.99. The SMILES string of the molecule is CCN(CC1CCC1)c1cc(C#N)cc(Cl)n1. The monoisotopic (exact) mass is 249 g/mol. The molecule has 0 atom stereocenters. The van der Waals surface area contributed by atoms with Crippen molar-refractivity contribution >= 4 is 17.4 Å². The third-order valence-electron chi connectivity index (χ3n) is 3.32. The van der Waals surface area contributed by atoms with Crippen molar-refractivity contribution in [3.8, 4) is 6.07 Å². The largest absolute Gasteiger partial charge is 0.357 e. The lowest BCUT2D eigenvalue weighted by Gasteiger charge is -2.32. The second kappa shape index (κ2) is 5.37. The molecule has 1 aromatic rings. The summed E-state index contributed by atoms with van der Waals surface area (Å²) in [6.07, 6.45) is 3.96. The van der Waals surface area contributed by atoms with Crippen molar-refractivity contribution in [2.75, 3.05) is 18.0 Å². The van der Waals surface area contributed by atoms with Crippen LogP contribution in [0.1, 0.15) is 31.7 Å². The molecule has 17 heavy (non-hydrogen) atoms. The van der Waals surface area contributed by atoms with E-state index in [1.807, 2.05) is 6.07 Å². The highest BCUT2D eigenvalue weighted by atomic mass is 35.5. The molecule has 0 aliphatic heterocycles. The van der Waals surface area contributed by atoms with E-state index in [1.165, 1.54) is 19.3 Å². The summed E-state index contributed by atoms with van der Waals surface area (Å²) in [5.74, 6) is 1.60. The summed E-state index contributed by atoms with van der Waals surface area (Å²) < 4.78 is 0. The molecule has 0 aromatic carbocycles. The number of hydrogen-bond donors (Lipinski definition) is 0. The minimum Gasteiger partial charge on any atom is -0.357 e. The lowest BCUT2D eigenvalue weighted by molar-refractivity contribution is 0.318. The van der Waals surface area contributed by atoms with Gasteiger partial charge in [-0.15, -0.1) is 0 Å². The molecule has 0 amide bonds. The second-order valence-electron chi connectivity index (χ2n) is 4.48. The molecule has 4 heteroatoms. The summed E-state index contributed by atoms with van der Waals surface area (Å²) in [7, 11) is 0. The van der Waals surface area contributed by atoms with Crippen molar-refractivity contribution < 1.29 is 0 Å². The Morgan fingerprint density at radius 3 is 2.82 bits per heavy atom.